The van der Waals surface area contributed by atoms with Gasteiger partial charge in [0, 0.05) is 5.41 Å². The molecule has 0 aromatic heterocycles. The molecule has 2 atom stereocenters. The van der Waals surface area contributed by atoms with Gasteiger partial charge in [0.2, 0.25) is 0 Å². The second-order valence-electron chi connectivity index (χ2n) is 7.83. The number of benzene rings is 2. The lowest BCUT2D eigenvalue weighted by Crippen LogP contribution is -2.46. The van der Waals surface area contributed by atoms with Crippen LogP contribution in [0.4, 0.5) is 0 Å². The van der Waals surface area contributed by atoms with Crippen molar-refractivity contribution < 1.29 is 5.11 Å². The Kier molecular flexibility index (Phi) is 5.22. The fourth-order valence-corrected chi connectivity index (χ4v) is 5.47. The summed E-state index contributed by atoms with van der Waals surface area (Å²) < 4.78 is 0. The third kappa shape index (κ3) is 2.88. The Labute approximate surface area is 153 Å². The van der Waals surface area contributed by atoms with Crippen molar-refractivity contribution in [2.45, 2.75) is 65.2 Å². The fraction of sp³-hybridized carbons (Fsp3) is 0.500. The molecule has 2 aromatic rings. The first-order chi connectivity index (χ1) is 12.1. The molecular formula is C24H32O. The summed E-state index contributed by atoms with van der Waals surface area (Å²) in [6.07, 6.45) is 6.32. The number of aromatic hydroxyl groups is 1. The maximum atomic E-state index is 10.3. The van der Waals surface area contributed by atoms with E-state index in [0.717, 1.165) is 11.1 Å². The maximum absolute atomic E-state index is 10.3. The third-order valence-corrected chi connectivity index (χ3v) is 6.60. The van der Waals surface area contributed by atoms with Crippen LogP contribution in [0.5, 0.6) is 5.75 Å². The maximum Gasteiger partial charge on any atom is 0.121 e. The minimum absolute atomic E-state index is 0.0617. The zero-order chi connectivity index (χ0) is 18.0. The highest BCUT2D eigenvalue weighted by Crippen LogP contribution is 2.55. The van der Waals surface area contributed by atoms with E-state index in [-0.39, 0.29) is 5.41 Å². The highest BCUT2D eigenvalue weighted by molar-refractivity contribution is 5.50. The predicted molar refractivity (Wildman–Crippen MR) is 106 cm³/mol. The van der Waals surface area contributed by atoms with Crippen LogP contribution in [0.25, 0.3) is 0 Å². The second kappa shape index (κ2) is 7.23. The summed E-state index contributed by atoms with van der Waals surface area (Å²) in [6.45, 7) is 8.77. The molecule has 0 radical (unpaired) electrons. The fourth-order valence-electron chi connectivity index (χ4n) is 5.47. The molecule has 134 valence electrons. The van der Waals surface area contributed by atoms with E-state index in [1.807, 2.05) is 13.8 Å². The molecule has 0 spiro atoms. The van der Waals surface area contributed by atoms with Gasteiger partial charge in [-0.15, -0.1) is 0 Å². The van der Waals surface area contributed by atoms with Crippen LogP contribution in [0.15, 0.2) is 42.5 Å². The summed E-state index contributed by atoms with van der Waals surface area (Å²) in [5.41, 5.74) is 4.93. The van der Waals surface area contributed by atoms with Gasteiger partial charge in [-0.1, -0.05) is 75.6 Å². The molecule has 1 saturated carbocycles. The Balaban J connectivity index is 2.32. The summed E-state index contributed by atoms with van der Waals surface area (Å²) in [7, 11) is 0. The Morgan fingerprint density at radius 2 is 1.40 bits per heavy atom. The molecule has 0 aliphatic heterocycles. The highest BCUT2D eigenvalue weighted by Gasteiger charge is 2.48. The van der Waals surface area contributed by atoms with E-state index >= 15 is 0 Å². The predicted octanol–water partition coefficient (Wildman–Crippen LogP) is 6.53. The SMILES string of the molecule is CCC1CCCC(CC)C1(c1ccccc1)c1cc(C)c(O)c(C)c1. The first-order valence-corrected chi connectivity index (χ1v) is 9.91. The first kappa shape index (κ1) is 18.0. The molecule has 0 saturated heterocycles. The van der Waals surface area contributed by atoms with Gasteiger partial charge in [0.05, 0.1) is 0 Å². The smallest absolute Gasteiger partial charge is 0.121 e. The van der Waals surface area contributed by atoms with Crippen LogP contribution in [0.3, 0.4) is 0 Å². The van der Waals surface area contributed by atoms with Gasteiger partial charge in [-0.25, -0.2) is 0 Å². The number of phenolic OH excluding ortho intramolecular Hbond substituents is 1. The monoisotopic (exact) mass is 336 g/mol. The lowest BCUT2D eigenvalue weighted by atomic mass is 9.52. The first-order valence-electron chi connectivity index (χ1n) is 9.91. The Morgan fingerprint density at radius 1 is 0.880 bits per heavy atom. The van der Waals surface area contributed by atoms with E-state index in [0.29, 0.717) is 17.6 Å². The van der Waals surface area contributed by atoms with Crippen molar-refractivity contribution in [3.8, 4) is 5.75 Å². The van der Waals surface area contributed by atoms with Gasteiger partial charge in [-0.05, 0) is 60.8 Å². The van der Waals surface area contributed by atoms with Crippen molar-refractivity contribution >= 4 is 0 Å². The molecule has 2 unspecified atom stereocenters. The molecule has 1 heteroatoms. The van der Waals surface area contributed by atoms with Gasteiger partial charge in [0.15, 0.2) is 0 Å². The zero-order valence-electron chi connectivity index (χ0n) is 16.2. The van der Waals surface area contributed by atoms with Crippen LogP contribution < -0.4 is 0 Å². The minimum atomic E-state index is 0.0617. The van der Waals surface area contributed by atoms with Crippen molar-refractivity contribution in [3.63, 3.8) is 0 Å². The zero-order valence-corrected chi connectivity index (χ0v) is 16.2. The summed E-state index contributed by atoms with van der Waals surface area (Å²) in [4.78, 5) is 0. The van der Waals surface area contributed by atoms with Crippen molar-refractivity contribution in [3.05, 3.63) is 64.7 Å². The molecule has 0 heterocycles. The van der Waals surface area contributed by atoms with Gasteiger partial charge >= 0.3 is 0 Å². The summed E-state index contributed by atoms with van der Waals surface area (Å²) >= 11 is 0. The number of rotatable bonds is 4. The number of phenols is 1. The molecule has 1 nitrogen and oxygen atoms in total. The minimum Gasteiger partial charge on any atom is -0.507 e. The molecule has 2 aromatic carbocycles. The number of hydrogen-bond acceptors (Lipinski definition) is 1. The molecule has 1 aliphatic rings. The average molecular weight is 337 g/mol. The van der Waals surface area contributed by atoms with E-state index in [1.165, 1.54) is 43.2 Å². The average Bonchev–Trinajstić information content (AvgIpc) is 2.65. The van der Waals surface area contributed by atoms with E-state index in [2.05, 4.69) is 56.3 Å². The van der Waals surface area contributed by atoms with Crippen LogP contribution in [0.1, 0.15) is 68.2 Å². The van der Waals surface area contributed by atoms with Crippen molar-refractivity contribution in [2.75, 3.05) is 0 Å². The molecule has 0 amide bonds. The van der Waals surface area contributed by atoms with E-state index < -0.39 is 0 Å². The second-order valence-corrected chi connectivity index (χ2v) is 7.83. The highest BCUT2D eigenvalue weighted by atomic mass is 16.3. The largest absolute Gasteiger partial charge is 0.507 e. The van der Waals surface area contributed by atoms with E-state index in [4.69, 9.17) is 0 Å². The van der Waals surface area contributed by atoms with Gasteiger partial charge in [-0.2, -0.15) is 0 Å². The van der Waals surface area contributed by atoms with Crippen molar-refractivity contribution in [1.82, 2.24) is 0 Å². The van der Waals surface area contributed by atoms with Crippen molar-refractivity contribution in [2.24, 2.45) is 11.8 Å². The van der Waals surface area contributed by atoms with Gasteiger partial charge in [-0.3, -0.25) is 0 Å². The molecular weight excluding hydrogens is 304 g/mol. The standard InChI is InChI=1S/C24H32O/c1-5-19-13-10-14-20(6-2)24(19,21-11-8-7-9-12-21)22-15-17(3)23(25)18(4)16-22/h7-9,11-12,15-16,19-20,25H,5-6,10,13-14H2,1-4H3. The van der Waals surface area contributed by atoms with Crippen LogP contribution in [-0.4, -0.2) is 5.11 Å². The quantitative estimate of drug-likeness (QED) is 0.673. The van der Waals surface area contributed by atoms with Crippen LogP contribution in [0, 0.1) is 25.7 Å². The van der Waals surface area contributed by atoms with Crippen LogP contribution in [-0.2, 0) is 5.41 Å². The summed E-state index contributed by atoms with van der Waals surface area (Å²) in [5, 5.41) is 10.3. The van der Waals surface area contributed by atoms with Gasteiger partial charge in [0.1, 0.15) is 5.75 Å². The Morgan fingerprint density at radius 3 is 1.88 bits per heavy atom. The normalized spacial score (nSPS) is 26.6. The van der Waals surface area contributed by atoms with E-state index in [1.54, 1.807) is 0 Å². The van der Waals surface area contributed by atoms with Crippen LogP contribution >= 0.6 is 0 Å². The molecule has 1 N–H and O–H groups in total. The summed E-state index contributed by atoms with van der Waals surface area (Å²) in [6, 6.07) is 15.7. The lowest BCUT2D eigenvalue weighted by Gasteiger charge is -2.51. The summed E-state index contributed by atoms with van der Waals surface area (Å²) in [5.74, 6) is 1.75. The molecule has 1 aliphatic carbocycles. The Bertz CT molecular complexity index is 681. The molecule has 25 heavy (non-hydrogen) atoms. The lowest BCUT2D eigenvalue weighted by molar-refractivity contribution is 0.132. The Hall–Kier alpha value is -1.76. The topological polar surface area (TPSA) is 20.2 Å². The van der Waals surface area contributed by atoms with Gasteiger partial charge < -0.3 is 5.11 Å². The third-order valence-electron chi connectivity index (χ3n) is 6.60. The van der Waals surface area contributed by atoms with Crippen LogP contribution in [0.2, 0.25) is 0 Å². The van der Waals surface area contributed by atoms with Gasteiger partial charge in [0.25, 0.3) is 0 Å². The molecule has 0 bridgehead atoms. The number of aryl methyl sites for hydroxylation is 2. The van der Waals surface area contributed by atoms with E-state index in [9.17, 15) is 5.11 Å². The van der Waals surface area contributed by atoms with Crippen molar-refractivity contribution in [1.29, 1.82) is 0 Å². The molecule has 3 rings (SSSR count). The molecule has 1 fully saturated rings. The number of hydrogen-bond donors (Lipinski definition) is 1.